The Labute approximate surface area is 171 Å². The summed E-state index contributed by atoms with van der Waals surface area (Å²) in [5.41, 5.74) is 5.42. The second-order valence-electron chi connectivity index (χ2n) is 6.76. The van der Waals surface area contributed by atoms with Crippen LogP contribution in [0.5, 0.6) is 0 Å². The number of ether oxygens (including phenoxy) is 1. The number of hydrogen-bond donors (Lipinski definition) is 1. The fourth-order valence-electron chi connectivity index (χ4n) is 3.32. The molecule has 2 aromatic heterocycles. The number of aromatic nitrogens is 1. The monoisotopic (exact) mass is 433 g/mol. The van der Waals surface area contributed by atoms with Crippen molar-refractivity contribution in [2.45, 2.75) is 24.1 Å². The largest absolute Gasteiger partial charge is 0.440 e. The summed E-state index contributed by atoms with van der Waals surface area (Å²) >= 11 is 1.25. The second kappa shape index (κ2) is 7.71. The number of carbonyl (C=O) groups is 1. The fraction of sp³-hybridized carbons (Fsp3) is 0.263. The zero-order valence-corrected chi connectivity index (χ0v) is 17.0. The number of thiophene rings is 1. The Hall–Kier alpha value is -2.53. The van der Waals surface area contributed by atoms with Gasteiger partial charge in [-0.1, -0.05) is 12.1 Å². The van der Waals surface area contributed by atoms with Crippen molar-refractivity contribution in [2.24, 2.45) is 5.73 Å². The lowest BCUT2D eigenvalue weighted by Gasteiger charge is -2.17. The summed E-state index contributed by atoms with van der Waals surface area (Å²) in [5.74, 6) is -0.520. The van der Waals surface area contributed by atoms with Crippen LogP contribution in [0.15, 0.2) is 57.7 Å². The summed E-state index contributed by atoms with van der Waals surface area (Å²) in [6.07, 6.45) is 2.04. The quantitative estimate of drug-likeness (QED) is 0.612. The van der Waals surface area contributed by atoms with Gasteiger partial charge in [-0.15, -0.1) is 11.3 Å². The number of esters is 1. The molecule has 3 heterocycles. The first-order chi connectivity index (χ1) is 13.9. The predicted molar refractivity (Wildman–Crippen MR) is 109 cm³/mol. The summed E-state index contributed by atoms with van der Waals surface area (Å²) in [6, 6.07) is 9.32. The van der Waals surface area contributed by atoms with E-state index in [9.17, 15) is 18.0 Å². The van der Waals surface area contributed by atoms with Crippen molar-refractivity contribution in [3.05, 3.63) is 63.2 Å². The molecule has 1 aliphatic heterocycles. The number of sulfonamides is 1. The number of nitrogens with zero attached hydrogens (tertiary/aromatic N) is 2. The normalized spacial score (nSPS) is 17.6. The molecule has 8 nitrogen and oxygen atoms in total. The van der Waals surface area contributed by atoms with Crippen molar-refractivity contribution in [2.75, 3.05) is 13.1 Å². The fourth-order valence-corrected chi connectivity index (χ4v) is 5.66. The average molecular weight is 434 g/mol. The van der Waals surface area contributed by atoms with Gasteiger partial charge in [0.05, 0.1) is 4.90 Å². The van der Waals surface area contributed by atoms with Crippen molar-refractivity contribution >= 4 is 38.1 Å². The van der Waals surface area contributed by atoms with Crippen molar-refractivity contribution < 1.29 is 17.9 Å². The Kier molecular flexibility index (Phi) is 5.26. The van der Waals surface area contributed by atoms with Crippen molar-refractivity contribution in [1.82, 2.24) is 8.87 Å². The van der Waals surface area contributed by atoms with Crippen LogP contribution >= 0.6 is 11.3 Å². The highest BCUT2D eigenvalue weighted by Gasteiger charge is 2.32. The van der Waals surface area contributed by atoms with Crippen LogP contribution in [0.3, 0.4) is 0 Å². The van der Waals surface area contributed by atoms with Gasteiger partial charge in [0.25, 0.3) is 5.56 Å². The molecule has 1 aromatic carbocycles. The van der Waals surface area contributed by atoms with Gasteiger partial charge in [-0.25, -0.2) is 13.2 Å². The molecule has 1 atom stereocenters. The molecule has 1 aliphatic rings. The van der Waals surface area contributed by atoms with Gasteiger partial charge in [0, 0.05) is 36.1 Å². The van der Waals surface area contributed by atoms with Crippen LogP contribution < -0.4 is 11.3 Å². The molecule has 3 aromatic rings. The van der Waals surface area contributed by atoms with Gasteiger partial charge < -0.3 is 10.5 Å². The number of fused-ring (bicyclic) bond motifs is 1. The molecule has 152 valence electrons. The molecule has 0 saturated carbocycles. The Balaban J connectivity index is 1.66. The van der Waals surface area contributed by atoms with E-state index in [-0.39, 0.29) is 29.6 Å². The molecule has 0 amide bonds. The van der Waals surface area contributed by atoms with Gasteiger partial charge in [0.1, 0.15) is 4.88 Å². The Morgan fingerprint density at radius 1 is 1.21 bits per heavy atom. The molecule has 2 N–H and O–H groups in total. The van der Waals surface area contributed by atoms with Crippen LogP contribution in [0, 0.1) is 0 Å². The summed E-state index contributed by atoms with van der Waals surface area (Å²) < 4.78 is 33.8. The van der Waals surface area contributed by atoms with E-state index >= 15 is 0 Å². The lowest BCUT2D eigenvalue weighted by molar-refractivity contribution is 0.0373. The Morgan fingerprint density at radius 2 is 2.03 bits per heavy atom. The van der Waals surface area contributed by atoms with Crippen LogP contribution in [0.2, 0.25) is 0 Å². The van der Waals surface area contributed by atoms with Crippen LogP contribution in [-0.2, 0) is 21.5 Å². The number of hydrogen-bond acceptors (Lipinski definition) is 7. The molecule has 0 bridgehead atoms. The van der Waals surface area contributed by atoms with Crippen LogP contribution in [-0.4, -0.2) is 42.4 Å². The maximum Gasteiger partial charge on any atom is 0.350 e. The van der Waals surface area contributed by atoms with Crippen molar-refractivity contribution in [1.29, 1.82) is 0 Å². The molecule has 0 aliphatic carbocycles. The highest BCUT2D eigenvalue weighted by Crippen LogP contribution is 2.26. The van der Waals surface area contributed by atoms with E-state index in [2.05, 4.69) is 0 Å². The number of pyridine rings is 1. The zero-order chi connectivity index (χ0) is 20.6. The zero-order valence-electron chi connectivity index (χ0n) is 15.4. The Bertz CT molecular complexity index is 1220. The molecule has 29 heavy (non-hydrogen) atoms. The number of nitrogens with two attached hydrogens (primary N) is 1. The maximum absolute atomic E-state index is 13.0. The molecular weight excluding hydrogens is 414 g/mol. The van der Waals surface area contributed by atoms with Gasteiger partial charge in [-0.3, -0.25) is 9.36 Å². The van der Waals surface area contributed by atoms with E-state index in [1.807, 2.05) is 0 Å². The molecule has 1 unspecified atom stereocenters. The number of benzene rings is 1. The van der Waals surface area contributed by atoms with Gasteiger partial charge in [-0.05, 0) is 36.1 Å². The molecule has 0 radical (unpaired) electrons. The third-order valence-corrected chi connectivity index (χ3v) is 7.61. The summed E-state index contributed by atoms with van der Waals surface area (Å²) in [5, 5.41) is 2.33. The molecule has 4 rings (SSSR count). The molecular formula is C19H19N3O5S2. The first-order valence-electron chi connectivity index (χ1n) is 8.96. The highest BCUT2D eigenvalue weighted by atomic mass is 32.2. The molecule has 0 spiro atoms. The van der Waals surface area contributed by atoms with Gasteiger partial charge in [-0.2, -0.15) is 4.31 Å². The summed E-state index contributed by atoms with van der Waals surface area (Å²) in [4.78, 5) is 25.3. The third kappa shape index (κ3) is 3.71. The van der Waals surface area contributed by atoms with E-state index in [1.54, 1.807) is 29.6 Å². The lowest BCUT2D eigenvalue weighted by atomic mass is 10.2. The van der Waals surface area contributed by atoms with E-state index in [4.69, 9.17) is 10.5 Å². The van der Waals surface area contributed by atoms with E-state index in [1.165, 1.54) is 38.5 Å². The average Bonchev–Trinajstić information content (AvgIpc) is 3.39. The first kappa shape index (κ1) is 19.8. The number of rotatable bonds is 5. The summed E-state index contributed by atoms with van der Waals surface area (Å²) in [6.45, 7) is 0.355. The van der Waals surface area contributed by atoms with E-state index in [0.717, 1.165) is 0 Å². The van der Waals surface area contributed by atoms with Gasteiger partial charge in [0.15, 0.2) is 6.73 Å². The minimum atomic E-state index is -3.76. The molecule has 10 heteroatoms. The minimum absolute atomic E-state index is 0.0731. The lowest BCUT2D eigenvalue weighted by Crippen LogP contribution is -2.32. The Morgan fingerprint density at radius 3 is 2.72 bits per heavy atom. The third-order valence-electron chi connectivity index (χ3n) is 4.84. The first-order valence-corrected chi connectivity index (χ1v) is 11.3. The maximum atomic E-state index is 13.0. The minimum Gasteiger partial charge on any atom is -0.440 e. The molecule has 1 fully saturated rings. The van der Waals surface area contributed by atoms with Crippen LogP contribution in [0.4, 0.5) is 0 Å². The number of carbonyl (C=O) groups excluding carboxylic acids is 1. The van der Waals surface area contributed by atoms with Gasteiger partial charge >= 0.3 is 5.97 Å². The molecule has 1 saturated heterocycles. The van der Waals surface area contributed by atoms with Crippen molar-refractivity contribution in [3.63, 3.8) is 0 Å². The van der Waals surface area contributed by atoms with E-state index in [0.29, 0.717) is 23.2 Å². The SMILES string of the molecule is NC1CCN(S(=O)(=O)c2cccc3c(=O)n(COC(=O)c4cccs4)ccc23)C1. The van der Waals surface area contributed by atoms with Crippen LogP contribution in [0.25, 0.3) is 10.8 Å². The second-order valence-corrected chi connectivity index (χ2v) is 9.61. The van der Waals surface area contributed by atoms with Gasteiger partial charge in [0.2, 0.25) is 10.0 Å². The summed E-state index contributed by atoms with van der Waals surface area (Å²) in [7, 11) is -3.76. The van der Waals surface area contributed by atoms with Crippen LogP contribution in [0.1, 0.15) is 16.1 Å². The standard InChI is InChI=1S/C19H19N3O5S2/c20-13-6-9-22(11-13)29(25,26)17-5-1-3-15-14(17)7-8-21(18(15)23)12-27-19(24)16-4-2-10-28-16/h1-5,7-8,10,13H,6,9,11-12,20H2. The highest BCUT2D eigenvalue weighted by molar-refractivity contribution is 7.89. The predicted octanol–water partition coefficient (Wildman–Crippen LogP) is 1.60. The topological polar surface area (TPSA) is 112 Å². The van der Waals surface area contributed by atoms with Crippen molar-refractivity contribution in [3.8, 4) is 0 Å². The van der Waals surface area contributed by atoms with E-state index < -0.39 is 21.6 Å². The smallest absolute Gasteiger partial charge is 0.350 e.